The number of ether oxygens (including phenoxy) is 2. The summed E-state index contributed by atoms with van der Waals surface area (Å²) < 4.78 is 101. The predicted octanol–water partition coefficient (Wildman–Crippen LogP) is 16.8. The molecule has 9 aromatic carbocycles. The van der Waals surface area contributed by atoms with E-state index in [9.17, 15) is 63.5 Å². The highest BCUT2D eigenvalue weighted by atomic mass is 35.5. The minimum atomic E-state index is -3.36. The number of hydrogen-bond acceptors (Lipinski definition) is 19. The summed E-state index contributed by atoms with van der Waals surface area (Å²) >= 11 is 12.2. The van der Waals surface area contributed by atoms with Gasteiger partial charge in [0.2, 0.25) is 23.8 Å². The van der Waals surface area contributed by atoms with Gasteiger partial charge in [-0.3, -0.25) is 39.6 Å². The van der Waals surface area contributed by atoms with Gasteiger partial charge in [0.05, 0.1) is 87.2 Å². The molecular weight excluding hydrogens is 1900 g/mol. The second kappa shape index (κ2) is 41.8. The number of aromatic nitrogens is 16. The van der Waals surface area contributed by atoms with Crippen LogP contribution in [0.2, 0.25) is 10.0 Å². The Bertz CT molecular complexity index is 8020. The number of hydrogen-bond donors (Lipinski definition) is 10. The maximum absolute atomic E-state index is 13.8. The van der Waals surface area contributed by atoms with Crippen LogP contribution >= 0.6 is 23.2 Å². The van der Waals surface area contributed by atoms with E-state index in [1.54, 1.807) is 138 Å². The van der Waals surface area contributed by atoms with Crippen molar-refractivity contribution in [3.8, 4) is 68.8 Å². The van der Waals surface area contributed by atoms with Crippen molar-refractivity contribution >= 4 is 109 Å². The molecule has 10 N–H and O–H groups in total. The fourth-order valence-corrected chi connectivity index (χ4v) is 20.1. The van der Waals surface area contributed by atoms with Gasteiger partial charge in [-0.05, 0) is 291 Å². The lowest BCUT2D eigenvalue weighted by molar-refractivity contribution is 0.0181. The van der Waals surface area contributed by atoms with E-state index in [0.717, 1.165) is 135 Å². The number of aryl methyl sites for hydroxylation is 1. The van der Waals surface area contributed by atoms with Crippen molar-refractivity contribution in [2.24, 2.45) is 17.8 Å². The summed E-state index contributed by atoms with van der Waals surface area (Å²) in [6.07, 6.45) is 14.3. The van der Waals surface area contributed by atoms with Gasteiger partial charge in [0, 0.05) is 77.4 Å². The van der Waals surface area contributed by atoms with E-state index in [0.29, 0.717) is 169 Å². The molecule has 17 aromatic rings. The first-order chi connectivity index (χ1) is 67.5. The van der Waals surface area contributed by atoms with Gasteiger partial charge in [0.15, 0.2) is 29.5 Å². The van der Waals surface area contributed by atoms with Crippen molar-refractivity contribution in [3.05, 3.63) is 297 Å². The molecule has 3 aliphatic rings. The number of fused-ring (bicyclic) bond motifs is 4. The largest absolute Gasteiger partial charge is 0.478 e. The number of carboxylic acids is 1. The van der Waals surface area contributed by atoms with E-state index in [1.807, 2.05) is 69.3 Å². The Labute approximate surface area is 819 Å². The number of H-pyrrole nitrogens is 8. The number of likely N-dealkylation sites (tertiary alicyclic amines) is 1. The van der Waals surface area contributed by atoms with Gasteiger partial charge in [0.25, 0.3) is 22.2 Å². The molecule has 3 aliphatic heterocycles. The summed E-state index contributed by atoms with van der Waals surface area (Å²) in [5, 5.41) is 26.5. The number of para-hydroxylation sites is 4. The number of amides is 1. The van der Waals surface area contributed by atoms with E-state index in [2.05, 4.69) is 65.6 Å². The fraction of sp³-hybridized carbons (Fsp3) is 0.294. The number of halogens is 3. The number of piperidine rings is 2. The van der Waals surface area contributed by atoms with Crippen LogP contribution in [0.5, 0.6) is 0 Å². The van der Waals surface area contributed by atoms with Crippen LogP contribution in [0.4, 0.5) is 9.18 Å². The van der Waals surface area contributed by atoms with Gasteiger partial charge in [-0.15, -0.1) is 0 Å². The Balaban J connectivity index is 0.000000130. The summed E-state index contributed by atoms with van der Waals surface area (Å²) in [5.41, 5.74) is 13.6. The van der Waals surface area contributed by atoms with Gasteiger partial charge in [-0.1, -0.05) is 108 Å². The van der Waals surface area contributed by atoms with E-state index in [-0.39, 0.29) is 54.4 Å². The number of carbonyl (C=O) groups is 2. The third-order valence-corrected chi connectivity index (χ3v) is 29.5. The Morgan fingerprint density at radius 3 is 1.11 bits per heavy atom. The topological polar surface area (TPSA) is 456 Å². The van der Waals surface area contributed by atoms with Crippen LogP contribution in [0, 0.1) is 23.6 Å². The molecule has 20 rings (SSSR count). The summed E-state index contributed by atoms with van der Waals surface area (Å²) in [7, 11) is -9.97. The smallest absolute Gasteiger partial charge is 0.410 e. The maximum Gasteiger partial charge on any atom is 0.410 e. The van der Waals surface area contributed by atoms with Gasteiger partial charge in [-0.2, -0.15) is 18.7 Å². The van der Waals surface area contributed by atoms with Crippen molar-refractivity contribution in [2.75, 3.05) is 58.2 Å². The molecule has 0 bridgehead atoms. The number of carbonyl (C=O) groups excluding carboxylic acids is 1. The van der Waals surface area contributed by atoms with Crippen LogP contribution in [0.15, 0.2) is 240 Å². The molecule has 0 radical (unpaired) electrons. The number of aromatic amines is 8. The van der Waals surface area contributed by atoms with Gasteiger partial charge in [-0.25, -0.2) is 59.2 Å². The van der Waals surface area contributed by atoms with E-state index in [1.165, 1.54) is 55.5 Å². The molecule has 0 spiro atoms. The quantitative estimate of drug-likeness (QED) is 0.0269. The zero-order valence-electron chi connectivity index (χ0n) is 78.1. The highest BCUT2D eigenvalue weighted by Crippen LogP contribution is 2.35. The van der Waals surface area contributed by atoms with Gasteiger partial charge >= 0.3 is 12.1 Å². The molecule has 0 saturated carbocycles. The van der Waals surface area contributed by atoms with Crippen molar-refractivity contribution in [2.45, 2.75) is 131 Å². The Hall–Kier alpha value is -14.1. The lowest BCUT2D eigenvalue weighted by Crippen LogP contribution is -2.41. The second-order valence-electron chi connectivity index (χ2n) is 36.7. The lowest BCUT2D eigenvalue weighted by atomic mass is 9.90. The van der Waals surface area contributed by atoms with Gasteiger partial charge < -0.3 is 44.7 Å². The molecular formula is C102H105Cl2FN18O15S3. The zero-order valence-corrected chi connectivity index (χ0v) is 82.0. The number of carboxylic acid groups (broad SMARTS) is 1. The van der Waals surface area contributed by atoms with Crippen LogP contribution in [-0.2, 0) is 71.1 Å². The van der Waals surface area contributed by atoms with E-state index >= 15 is 0 Å². The Kier molecular flexibility index (Phi) is 29.2. The third kappa shape index (κ3) is 23.2. The highest BCUT2D eigenvalue weighted by molar-refractivity contribution is 7.91. The minimum Gasteiger partial charge on any atom is -0.478 e. The van der Waals surface area contributed by atoms with Crippen molar-refractivity contribution in [3.63, 3.8) is 0 Å². The standard InChI is InChI=1S/C29H34ClN5O5S.C25H19FN4O3.C24H26ClN5O3S.C24H26N4O4S/c1-29(2,3)40-28(37)34-15-13-18(14-16-34)5-11-22-25(19-6-9-21(10-7-19)41(4,38)39)33-35(26(22)36)27-31-23-12-8-20(30)17-24(23)32-27;26-18-12-5-15(6-13-18)7-14-19-22(16-8-10-17(11-9-16)24(32)33)29-30(23(19)31)25-27-20-3-1-2-4-21(20)28-25;1-34(32,33)18-6-3-16(4-7-18)22-19(8-2-15-10-12-26-13-11-15)23(31)30(29-22)24-27-20-9-5-17(25)14-21(20)28-24;1-33(30,31)18-9-7-17(8-10-18)22-19(11-6-16-12-14-32-15-13-16)23(29)28(27-22)24-25-20-4-2-3-5-21(20)26-24/h6-10,12,17-18,33H,5,11,13-16H2,1-4H3,(H,31,32);1-6,8-13,29H,7,14H2,(H,27,28)(H,32,33);3-7,9,14-15,26,29H,2,8,10-13H2,1H3,(H,27,28);2-5,7-10,16,27H,6,11-15H2,1H3,(H,25,26). The number of benzene rings is 9. The molecule has 3 saturated heterocycles. The van der Waals surface area contributed by atoms with Crippen molar-refractivity contribution < 1.29 is 53.8 Å². The third-order valence-electron chi connectivity index (χ3n) is 25.6. The number of sulfone groups is 3. The average molecular weight is 2010 g/mol. The summed E-state index contributed by atoms with van der Waals surface area (Å²) in [4.78, 5) is 111. The molecule has 8 aromatic heterocycles. The Morgan fingerprint density at radius 1 is 0.426 bits per heavy atom. The molecule has 11 heterocycles. The number of imidazole rings is 4. The van der Waals surface area contributed by atoms with E-state index < -0.39 is 41.1 Å². The minimum absolute atomic E-state index is 0.150. The molecule has 39 heteroatoms. The molecule has 0 atom stereocenters. The van der Waals surface area contributed by atoms with Crippen LogP contribution in [0.1, 0.15) is 117 Å². The second-order valence-corrected chi connectivity index (χ2v) is 43.6. The van der Waals surface area contributed by atoms with Crippen LogP contribution in [-0.4, -0.2) is 190 Å². The average Bonchev–Trinajstić information content (AvgIpc) is 1.63. The van der Waals surface area contributed by atoms with Gasteiger partial charge in [0.1, 0.15) is 11.4 Å². The number of rotatable bonds is 24. The van der Waals surface area contributed by atoms with Crippen molar-refractivity contribution in [1.29, 1.82) is 0 Å². The fourth-order valence-electron chi connectivity index (χ4n) is 17.9. The van der Waals surface area contributed by atoms with Crippen LogP contribution in [0.25, 0.3) is 113 Å². The Morgan fingerprint density at radius 2 is 0.759 bits per heavy atom. The molecule has 3 fully saturated rings. The molecule has 1 amide bonds. The first kappa shape index (κ1) is 98.5. The summed E-state index contributed by atoms with van der Waals surface area (Å²) in [6, 6.07) is 57.9. The summed E-state index contributed by atoms with van der Waals surface area (Å²) in [6.45, 7) is 10.3. The maximum atomic E-state index is 13.8. The zero-order chi connectivity index (χ0) is 99.3. The van der Waals surface area contributed by atoms with Crippen molar-refractivity contribution in [1.82, 2.24) is 89.2 Å². The number of nitrogens with one attached hydrogen (secondary N) is 9. The summed E-state index contributed by atoms with van der Waals surface area (Å²) in [5.74, 6) is 1.59. The van der Waals surface area contributed by atoms with Crippen LogP contribution in [0.3, 0.4) is 0 Å². The molecule has 0 aliphatic carbocycles. The molecule has 0 unspecified atom stereocenters. The lowest BCUT2D eigenvalue weighted by Gasteiger charge is -2.33. The first-order valence-corrected chi connectivity index (χ1v) is 52.7. The first-order valence-electron chi connectivity index (χ1n) is 46.3. The normalized spacial score (nSPS) is 14.2. The van der Waals surface area contributed by atoms with E-state index in [4.69, 9.17) is 32.7 Å². The SMILES string of the molecule is CC(C)(C)OC(=O)N1CCC(CCc2c(-c3ccc(S(C)(=O)=O)cc3)[nH]n(-c3nc4ccc(Cl)cc4[nH]3)c2=O)CC1.CS(=O)(=O)c1ccc(-c2[nH]n(-c3nc4ccc(Cl)cc4[nH]3)c(=O)c2CCC2CCNCC2)cc1.CS(=O)(=O)c1ccc(-c2[nH]n(-c3nc4ccccc4[nH]3)c(=O)c2CCC2CCOCC2)cc1.O=C(O)c1ccc(-c2[nH]n(-c3nc4ccccc4[nH]3)c(=O)c2CCc2ccc(F)cc2)cc1. The number of aromatic carboxylic acids is 1. The molecule has 33 nitrogen and oxygen atoms in total. The highest BCUT2D eigenvalue weighted by Gasteiger charge is 2.31. The monoisotopic (exact) mass is 2010 g/mol. The molecule has 732 valence electrons. The predicted molar refractivity (Wildman–Crippen MR) is 541 cm³/mol. The number of nitrogens with zero attached hydrogens (tertiary/aromatic N) is 9. The molecule has 141 heavy (non-hydrogen) atoms. The van der Waals surface area contributed by atoms with Crippen LogP contribution < -0.4 is 27.6 Å².